The van der Waals surface area contributed by atoms with E-state index in [1.165, 1.54) is 12.1 Å². The summed E-state index contributed by atoms with van der Waals surface area (Å²) in [5, 5.41) is 14.6. The average Bonchev–Trinajstić information content (AvgIpc) is 3.27. The Labute approximate surface area is 193 Å². The molecule has 178 valence electrons. The molecule has 0 aliphatic carbocycles. The van der Waals surface area contributed by atoms with E-state index in [2.05, 4.69) is 20.6 Å². The van der Waals surface area contributed by atoms with Crippen molar-refractivity contribution in [2.75, 3.05) is 11.1 Å². The number of hydrogen-bond acceptors (Lipinski definition) is 9. The van der Waals surface area contributed by atoms with Crippen LogP contribution in [-0.2, 0) is 13.1 Å². The van der Waals surface area contributed by atoms with E-state index in [4.69, 9.17) is 11.5 Å². The molecule has 14 heteroatoms. The number of amides is 2. The maximum Gasteiger partial charge on any atom is 0.353 e. The highest BCUT2D eigenvalue weighted by molar-refractivity contribution is 6.00. The zero-order valence-corrected chi connectivity index (χ0v) is 17.7. The molecule has 2 amide bonds. The minimum Gasteiger partial charge on any atom is -0.477 e. The summed E-state index contributed by atoms with van der Waals surface area (Å²) in [7, 11) is 0. The number of nitrogens with one attached hydrogen (secondary N) is 2. The Hall–Kier alpha value is -5.14. The summed E-state index contributed by atoms with van der Waals surface area (Å²) in [6, 6.07) is 4.99. The second-order valence-electron chi connectivity index (χ2n) is 7.39. The van der Waals surface area contributed by atoms with Crippen LogP contribution >= 0.6 is 0 Å². The van der Waals surface area contributed by atoms with Crippen molar-refractivity contribution in [1.82, 2.24) is 19.7 Å². The monoisotopic (exact) mass is 481 g/mol. The number of carbonyl (C=O) groups is 3. The third kappa shape index (κ3) is 4.15. The first-order chi connectivity index (χ1) is 16.6. The second kappa shape index (κ2) is 8.66. The number of halogens is 1. The smallest absolute Gasteiger partial charge is 0.353 e. The number of rotatable bonds is 8. The molecule has 2 aromatic heterocycles. The number of nitrogen functional groups attached to an aromatic ring is 1. The number of hydrogen-bond donors (Lipinski definition) is 5. The quantitative estimate of drug-likeness (QED) is 0.201. The third-order valence-corrected chi connectivity index (χ3v) is 5.15. The predicted molar refractivity (Wildman–Crippen MR) is 119 cm³/mol. The lowest BCUT2D eigenvalue weighted by Crippen LogP contribution is -2.37. The number of nitrogens with zero attached hydrogens (tertiary/aromatic N) is 3. The van der Waals surface area contributed by atoms with Crippen molar-refractivity contribution in [3.8, 4) is 0 Å². The number of anilines is 2. The van der Waals surface area contributed by atoms with Gasteiger partial charge in [0.2, 0.25) is 0 Å². The van der Waals surface area contributed by atoms with Crippen LogP contribution in [0.2, 0.25) is 0 Å². The van der Waals surface area contributed by atoms with Crippen molar-refractivity contribution < 1.29 is 23.9 Å². The van der Waals surface area contributed by atoms with Gasteiger partial charge in [-0.15, -0.1) is 0 Å². The van der Waals surface area contributed by atoms with Gasteiger partial charge in [0, 0.05) is 24.7 Å². The molecule has 4 aromatic rings. The molecule has 2 heterocycles. The highest BCUT2D eigenvalue weighted by atomic mass is 19.1. The first-order valence-corrected chi connectivity index (χ1v) is 9.87. The van der Waals surface area contributed by atoms with Gasteiger partial charge in [0.15, 0.2) is 11.3 Å². The molecule has 0 unspecified atom stereocenters. The normalized spacial score (nSPS) is 11.0. The van der Waals surface area contributed by atoms with Gasteiger partial charge in [0.25, 0.3) is 22.7 Å². The molecule has 0 aliphatic rings. The predicted octanol–water partition coefficient (Wildman–Crippen LogP) is -0.614. The fourth-order valence-electron chi connectivity index (χ4n) is 3.34. The lowest BCUT2D eigenvalue weighted by atomic mass is 10.1. The highest BCUT2D eigenvalue weighted by Crippen LogP contribution is 2.16. The number of carboxylic acids is 1. The van der Waals surface area contributed by atoms with E-state index in [-0.39, 0.29) is 52.8 Å². The minimum atomic E-state index is -1.39. The number of aromatic nitrogens is 3. The standard InChI is InChI=1S/C21H16FN7O6/c22-10-2-1-8(3-9(10)6-25-14-13(23)16(30)17(14)31)5-26-20(33)11-4-12(21(34)35)29-7-27-15(18(24)32)19(29)28-11/h1-4,7,25H,5-6,23H2,(H2,24,32)(H,26,33)(H,34,35). The van der Waals surface area contributed by atoms with Crippen molar-refractivity contribution in [2.24, 2.45) is 5.73 Å². The molecule has 0 spiro atoms. The van der Waals surface area contributed by atoms with Gasteiger partial charge in [-0.2, -0.15) is 0 Å². The Balaban J connectivity index is 1.52. The number of carbonyl (C=O) groups excluding carboxylic acids is 2. The van der Waals surface area contributed by atoms with Gasteiger partial charge >= 0.3 is 5.97 Å². The largest absolute Gasteiger partial charge is 0.477 e. The first-order valence-electron chi connectivity index (χ1n) is 9.87. The van der Waals surface area contributed by atoms with Crippen LogP contribution in [0.5, 0.6) is 0 Å². The van der Waals surface area contributed by atoms with E-state index in [0.717, 1.165) is 22.9 Å². The van der Waals surface area contributed by atoms with Crippen LogP contribution in [0.4, 0.5) is 15.8 Å². The Kier molecular flexibility index (Phi) is 5.70. The van der Waals surface area contributed by atoms with E-state index in [0.29, 0.717) is 5.56 Å². The SMILES string of the molecule is NC(=O)c1ncn2c(C(=O)O)cc(C(=O)NCc3ccc(F)c(CNc4c(N)c(=O)c4=O)c3)nc12. The highest BCUT2D eigenvalue weighted by Gasteiger charge is 2.21. The van der Waals surface area contributed by atoms with Crippen LogP contribution in [0.25, 0.3) is 5.65 Å². The second-order valence-corrected chi connectivity index (χ2v) is 7.39. The van der Waals surface area contributed by atoms with Crippen LogP contribution in [0.15, 0.2) is 40.2 Å². The van der Waals surface area contributed by atoms with Gasteiger partial charge in [-0.1, -0.05) is 6.07 Å². The van der Waals surface area contributed by atoms with Crippen molar-refractivity contribution in [3.05, 3.63) is 85.1 Å². The van der Waals surface area contributed by atoms with Gasteiger partial charge in [-0.25, -0.2) is 19.2 Å². The summed E-state index contributed by atoms with van der Waals surface area (Å²) in [5.74, 6) is -3.71. The molecule has 0 saturated heterocycles. The molecular weight excluding hydrogens is 465 g/mol. The fourth-order valence-corrected chi connectivity index (χ4v) is 3.34. The zero-order valence-electron chi connectivity index (χ0n) is 17.7. The number of aromatic carboxylic acids is 1. The van der Waals surface area contributed by atoms with Crippen molar-refractivity contribution in [1.29, 1.82) is 0 Å². The zero-order chi connectivity index (χ0) is 25.4. The molecule has 0 saturated carbocycles. The minimum absolute atomic E-state index is 0.0843. The van der Waals surface area contributed by atoms with Crippen LogP contribution in [0.1, 0.15) is 42.6 Å². The summed E-state index contributed by atoms with van der Waals surface area (Å²) < 4.78 is 15.2. The van der Waals surface area contributed by atoms with Crippen molar-refractivity contribution >= 4 is 34.8 Å². The van der Waals surface area contributed by atoms with E-state index in [1.54, 1.807) is 0 Å². The maximum absolute atomic E-state index is 14.2. The van der Waals surface area contributed by atoms with Crippen molar-refractivity contribution in [2.45, 2.75) is 13.1 Å². The number of primary amides is 1. The molecule has 0 radical (unpaired) electrons. The number of benzene rings is 1. The Bertz CT molecular complexity index is 1600. The molecule has 2 aromatic carbocycles. The van der Waals surface area contributed by atoms with Crippen LogP contribution < -0.4 is 33.0 Å². The van der Waals surface area contributed by atoms with E-state index < -0.39 is 34.5 Å². The molecule has 13 nitrogen and oxygen atoms in total. The van der Waals surface area contributed by atoms with Gasteiger partial charge in [0.1, 0.15) is 34.9 Å². The fraction of sp³-hybridized carbons (Fsp3) is 0.0952. The van der Waals surface area contributed by atoms with E-state index >= 15 is 0 Å². The third-order valence-electron chi connectivity index (χ3n) is 5.15. The van der Waals surface area contributed by atoms with E-state index in [1.807, 2.05) is 0 Å². The average molecular weight is 481 g/mol. The molecule has 0 atom stereocenters. The summed E-state index contributed by atoms with van der Waals surface area (Å²) in [4.78, 5) is 66.2. The first kappa shape index (κ1) is 23.0. The van der Waals surface area contributed by atoms with Crippen LogP contribution in [-0.4, -0.2) is 37.3 Å². The molecule has 0 bridgehead atoms. The summed E-state index contributed by atoms with van der Waals surface area (Å²) >= 11 is 0. The lowest BCUT2D eigenvalue weighted by Gasteiger charge is -2.12. The van der Waals surface area contributed by atoms with Crippen LogP contribution in [0, 0.1) is 5.82 Å². The molecule has 7 N–H and O–H groups in total. The van der Waals surface area contributed by atoms with Gasteiger partial charge < -0.3 is 27.2 Å². The Morgan fingerprint density at radius 3 is 2.51 bits per heavy atom. The summed E-state index contributed by atoms with van der Waals surface area (Å²) in [6.45, 7) is -0.231. The van der Waals surface area contributed by atoms with Crippen molar-refractivity contribution in [3.63, 3.8) is 0 Å². The Morgan fingerprint density at radius 1 is 1.11 bits per heavy atom. The molecule has 35 heavy (non-hydrogen) atoms. The summed E-state index contributed by atoms with van der Waals surface area (Å²) in [6.07, 6.45) is 1.05. The molecular formula is C21H16FN7O6. The number of imidazole rings is 1. The number of carboxylic acid groups (broad SMARTS) is 1. The number of fused-ring (bicyclic) bond motifs is 1. The molecule has 4 rings (SSSR count). The molecule has 0 aliphatic heterocycles. The van der Waals surface area contributed by atoms with Gasteiger partial charge in [-0.3, -0.25) is 23.6 Å². The Morgan fingerprint density at radius 2 is 1.86 bits per heavy atom. The molecule has 0 fully saturated rings. The van der Waals surface area contributed by atoms with E-state index in [9.17, 15) is 33.5 Å². The maximum atomic E-state index is 14.2. The topological polar surface area (TPSA) is 212 Å². The lowest BCUT2D eigenvalue weighted by molar-refractivity contribution is 0.0688. The van der Waals surface area contributed by atoms with Gasteiger partial charge in [-0.05, 0) is 17.7 Å². The summed E-state index contributed by atoms with van der Waals surface area (Å²) in [5.41, 5.74) is 8.21. The van der Waals surface area contributed by atoms with Gasteiger partial charge in [0.05, 0.1) is 0 Å². The van der Waals surface area contributed by atoms with Crippen LogP contribution in [0.3, 0.4) is 0 Å². The number of nitrogens with two attached hydrogens (primary N) is 2.